The smallest absolute Gasteiger partial charge is 0.141 e. The van der Waals surface area contributed by atoms with Crippen molar-refractivity contribution in [3.05, 3.63) is 24.3 Å². The SMILES string of the molecule is [B]c1c([B])c([B])c2c([nH]c3c([B])c([B])c(-c4ccc(-c5c([B])c([B])c([B])c6c5oc5c([B])c([B])c([B])c([B])c56)cc4)c([B])c32)c1[B]. The highest BCUT2D eigenvalue weighted by Crippen LogP contribution is 2.33. The van der Waals surface area contributed by atoms with Gasteiger partial charge in [0.1, 0.15) is 121 Å². The largest absolute Gasteiger partial charge is 0.456 e. The Labute approximate surface area is 284 Å². The lowest BCUT2D eigenvalue weighted by molar-refractivity contribution is 0.673. The molecule has 0 aliphatic carbocycles. The fourth-order valence-corrected chi connectivity index (χ4v) is 6.34. The first kappa shape index (κ1) is 31.2. The molecule has 0 atom stereocenters. The Bertz CT molecular complexity index is 2510. The maximum Gasteiger partial charge on any atom is 0.141 e. The third-order valence-corrected chi connectivity index (χ3v) is 8.88. The van der Waals surface area contributed by atoms with Crippen LogP contribution < -0.4 is 76.5 Å². The van der Waals surface area contributed by atoms with E-state index in [-0.39, 0.29) is 76.6 Å². The zero-order valence-corrected chi connectivity index (χ0v) is 24.3. The monoisotopic (exact) mass is 549 g/mol. The number of nitrogens with one attached hydrogen (secondary N) is 1. The maximum atomic E-state index is 6.78. The summed E-state index contributed by atoms with van der Waals surface area (Å²) in [4.78, 5) is 3.17. The zero-order chi connectivity index (χ0) is 33.3. The second kappa shape index (κ2) is 10.6. The van der Waals surface area contributed by atoms with Gasteiger partial charge in [-0.3, -0.25) is 0 Å². The topological polar surface area (TPSA) is 28.9 Å². The molecule has 7 rings (SSSR count). The Morgan fingerprint density at radius 2 is 0.696 bits per heavy atom. The Morgan fingerprint density at radius 1 is 0.326 bits per heavy atom. The summed E-state index contributed by atoms with van der Waals surface area (Å²) in [7, 11) is 89.0. The summed E-state index contributed by atoms with van der Waals surface area (Å²) < 4.78 is 6.23. The Hall–Kier alpha value is -3.39. The molecule has 1 N–H and O–H groups in total. The highest BCUT2D eigenvalue weighted by Gasteiger charge is 2.23. The van der Waals surface area contributed by atoms with Crippen molar-refractivity contribution in [1.82, 2.24) is 4.98 Å². The van der Waals surface area contributed by atoms with Crippen LogP contribution in [0.2, 0.25) is 0 Å². The molecule has 7 aromatic rings. The quantitative estimate of drug-likeness (QED) is 0.215. The van der Waals surface area contributed by atoms with Crippen LogP contribution in [0, 0.1) is 0 Å². The maximum absolute atomic E-state index is 6.78. The number of hydrogen-bond donors (Lipinski definition) is 1. The first-order chi connectivity index (χ1) is 21.7. The van der Waals surface area contributed by atoms with E-state index in [1.807, 2.05) is 0 Å². The molecular formula is C30H5B14NO. The molecule has 2 heterocycles. The van der Waals surface area contributed by atoms with Crippen molar-refractivity contribution in [2.75, 3.05) is 0 Å². The van der Waals surface area contributed by atoms with Gasteiger partial charge in [0.25, 0.3) is 0 Å². The van der Waals surface area contributed by atoms with E-state index in [0.29, 0.717) is 65.9 Å². The van der Waals surface area contributed by atoms with Crippen LogP contribution in [0.1, 0.15) is 0 Å². The van der Waals surface area contributed by atoms with Crippen LogP contribution in [0.4, 0.5) is 0 Å². The fraction of sp³-hybridized carbons (Fsp3) is 0. The van der Waals surface area contributed by atoms with Gasteiger partial charge in [-0.15, -0.1) is 27.3 Å². The van der Waals surface area contributed by atoms with Gasteiger partial charge in [0.2, 0.25) is 0 Å². The number of aromatic nitrogens is 1. The van der Waals surface area contributed by atoms with Gasteiger partial charge in [-0.25, -0.2) is 0 Å². The molecule has 0 unspecified atom stereocenters. The number of fused-ring (bicyclic) bond motifs is 6. The van der Waals surface area contributed by atoms with E-state index in [4.69, 9.17) is 114 Å². The molecule has 0 fully saturated rings. The minimum absolute atomic E-state index is 0.0895. The number of aromatic amines is 1. The van der Waals surface area contributed by atoms with E-state index < -0.39 is 0 Å². The van der Waals surface area contributed by atoms with Crippen LogP contribution in [-0.2, 0) is 0 Å². The first-order valence-corrected chi connectivity index (χ1v) is 13.8. The Kier molecular flexibility index (Phi) is 7.17. The van der Waals surface area contributed by atoms with Crippen LogP contribution in [0.25, 0.3) is 66.0 Å². The number of rotatable bonds is 2. The average molecular weight is 547 g/mol. The van der Waals surface area contributed by atoms with Crippen LogP contribution in [-0.4, -0.2) is 115 Å². The number of furan rings is 1. The van der Waals surface area contributed by atoms with E-state index >= 15 is 0 Å². The van der Waals surface area contributed by atoms with Gasteiger partial charge in [0, 0.05) is 27.4 Å². The molecule has 0 bridgehead atoms. The van der Waals surface area contributed by atoms with Crippen molar-refractivity contribution in [3.63, 3.8) is 0 Å². The lowest BCUT2D eigenvalue weighted by Crippen LogP contribution is -2.47. The second-order valence-electron chi connectivity index (χ2n) is 11.3. The number of benzene rings is 5. The third-order valence-electron chi connectivity index (χ3n) is 8.88. The predicted molar refractivity (Wildman–Crippen MR) is 209 cm³/mol. The Morgan fingerprint density at radius 3 is 1.26 bits per heavy atom. The van der Waals surface area contributed by atoms with Crippen molar-refractivity contribution >= 4 is 230 Å². The van der Waals surface area contributed by atoms with Crippen molar-refractivity contribution < 1.29 is 4.42 Å². The minimum atomic E-state index is 0.0895. The molecule has 0 spiro atoms. The van der Waals surface area contributed by atoms with Gasteiger partial charge < -0.3 is 9.40 Å². The summed E-state index contributed by atoms with van der Waals surface area (Å²) in [5, 5.41) is 1.77. The summed E-state index contributed by atoms with van der Waals surface area (Å²) in [6.07, 6.45) is 0. The van der Waals surface area contributed by atoms with Crippen molar-refractivity contribution in [1.29, 1.82) is 0 Å². The Balaban J connectivity index is 1.48. The average Bonchev–Trinajstić information content (AvgIpc) is 3.64. The molecule has 178 valence electrons. The van der Waals surface area contributed by atoms with Crippen LogP contribution in [0.15, 0.2) is 28.7 Å². The summed E-state index contributed by atoms with van der Waals surface area (Å²) in [5.41, 5.74) is 5.98. The van der Waals surface area contributed by atoms with Crippen molar-refractivity contribution in [3.8, 4) is 22.3 Å². The molecule has 0 aliphatic rings. The van der Waals surface area contributed by atoms with Crippen LogP contribution >= 0.6 is 0 Å². The summed E-state index contributed by atoms with van der Waals surface area (Å²) >= 11 is 0. The summed E-state index contributed by atoms with van der Waals surface area (Å²) in [6, 6.07) is 7.16. The standard InChI is InChI=1S/C30H5B14NO/c31-13-7(14(32)24(42)27-9(13)10-16(34)20(38)22(40)25(43)28(10)45-27)5-1-3-6(4-2-5)8-15(33)19(37)17(35)11-12-18(36)21(39)23(41)26(44)30(12)46-29(8)11/h1-4,45H. The molecule has 16 heteroatoms. The van der Waals surface area contributed by atoms with Gasteiger partial charge in [0.15, 0.2) is 0 Å². The normalized spacial score (nSPS) is 11.8. The highest BCUT2D eigenvalue weighted by molar-refractivity contribution is 6.71. The molecule has 5 aromatic carbocycles. The summed E-state index contributed by atoms with van der Waals surface area (Å²) in [5.74, 6) is 0. The predicted octanol–water partition coefficient (Wildman–Crippen LogP) is -8.33. The molecule has 0 saturated heterocycles. The van der Waals surface area contributed by atoms with Gasteiger partial charge in [-0.05, 0) is 27.5 Å². The van der Waals surface area contributed by atoms with Gasteiger partial charge in [-0.1, -0.05) is 73.4 Å². The molecule has 28 radical (unpaired) electrons. The van der Waals surface area contributed by atoms with E-state index in [1.165, 1.54) is 0 Å². The number of H-pyrrole nitrogens is 1. The molecule has 0 aliphatic heterocycles. The highest BCUT2D eigenvalue weighted by atomic mass is 16.3. The zero-order valence-electron chi connectivity index (χ0n) is 24.3. The third kappa shape index (κ3) is 3.97. The van der Waals surface area contributed by atoms with Crippen molar-refractivity contribution in [2.45, 2.75) is 0 Å². The van der Waals surface area contributed by atoms with Gasteiger partial charge in [-0.2, -0.15) is 0 Å². The minimum Gasteiger partial charge on any atom is -0.456 e. The molecule has 0 amide bonds. The lowest BCUT2D eigenvalue weighted by Gasteiger charge is -2.19. The van der Waals surface area contributed by atoms with Crippen LogP contribution in [0.5, 0.6) is 0 Å². The molecule has 46 heavy (non-hydrogen) atoms. The van der Waals surface area contributed by atoms with E-state index in [0.717, 1.165) is 0 Å². The van der Waals surface area contributed by atoms with Gasteiger partial charge in [0.05, 0.1) is 0 Å². The fourth-order valence-electron chi connectivity index (χ4n) is 6.34. The lowest BCUT2D eigenvalue weighted by atomic mass is 9.64. The molecule has 0 saturated carbocycles. The van der Waals surface area contributed by atoms with Crippen LogP contribution in [0.3, 0.4) is 0 Å². The molecule has 2 nitrogen and oxygen atoms in total. The second-order valence-corrected chi connectivity index (χ2v) is 11.3. The first-order valence-electron chi connectivity index (χ1n) is 13.8. The van der Waals surface area contributed by atoms with E-state index in [2.05, 4.69) is 4.98 Å². The molecular weight excluding hydrogens is 542 g/mol. The van der Waals surface area contributed by atoms with Gasteiger partial charge >= 0.3 is 0 Å². The van der Waals surface area contributed by atoms with E-state index in [9.17, 15) is 0 Å². The van der Waals surface area contributed by atoms with E-state index in [1.54, 1.807) is 24.3 Å². The molecule has 2 aromatic heterocycles. The van der Waals surface area contributed by atoms with Crippen molar-refractivity contribution in [2.24, 2.45) is 0 Å². The summed E-state index contributed by atoms with van der Waals surface area (Å²) in [6.45, 7) is 0. The number of hydrogen-bond acceptors (Lipinski definition) is 1.